The Balaban J connectivity index is 1.76. The van der Waals surface area contributed by atoms with Crippen LogP contribution in [-0.2, 0) is 4.74 Å². The first-order chi connectivity index (χ1) is 8.22. The van der Waals surface area contributed by atoms with Crippen LogP contribution in [0.25, 0.3) is 0 Å². The molecule has 3 heterocycles. The van der Waals surface area contributed by atoms with Crippen molar-refractivity contribution in [1.82, 2.24) is 9.88 Å². The molecule has 17 heavy (non-hydrogen) atoms. The van der Waals surface area contributed by atoms with Crippen LogP contribution in [0.4, 0.5) is 0 Å². The first-order valence-electron chi connectivity index (χ1n) is 5.78. The van der Waals surface area contributed by atoms with Crippen LogP contribution in [0.5, 0.6) is 0 Å². The molecule has 0 saturated carbocycles. The van der Waals surface area contributed by atoms with Gasteiger partial charge in [-0.25, -0.2) is 4.98 Å². The van der Waals surface area contributed by atoms with E-state index in [0.717, 1.165) is 12.8 Å². The fourth-order valence-electron chi connectivity index (χ4n) is 2.47. The Morgan fingerprint density at radius 2 is 2.06 bits per heavy atom. The number of hydrogen-bond donors (Lipinski definition) is 0. The fourth-order valence-corrected chi connectivity index (χ4v) is 2.58. The topological polar surface area (TPSA) is 42.4 Å². The average molecular weight is 253 g/mol. The van der Waals surface area contributed by atoms with Crippen LogP contribution >= 0.6 is 11.6 Å². The van der Waals surface area contributed by atoms with E-state index in [4.69, 9.17) is 16.3 Å². The lowest BCUT2D eigenvalue weighted by Crippen LogP contribution is -2.45. The van der Waals surface area contributed by atoms with E-state index in [0.29, 0.717) is 23.8 Å². The zero-order valence-electron chi connectivity index (χ0n) is 9.30. The van der Waals surface area contributed by atoms with E-state index in [9.17, 15) is 4.79 Å². The molecule has 1 aromatic rings. The number of fused-ring (bicyclic) bond motifs is 2. The molecule has 2 atom stereocenters. The van der Waals surface area contributed by atoms with E-state index >= 15 is 0 Å². The number of rotatable bonds is 1. The number of carbonyl (C=O) groups is 1. The predicted octanol–water partition coefficient (Wildman–Crippen LogP) is 1.74. The molecule has 0 N–H and O–H groups in total. The molecule has 2 bridgehead atoms. The van der Waals surface area contributed by atoms with Gasteiger partial charge in [0.25, 0.3) is 5.91 Å². The van der Waals surface area contributed by atoms with Gasteiger partial charge in [0.2, 0.25) is 0 Å². The molecule has 2 unspecified atom stereocenters. The van der Waals surface area contributed by atoms with Gasteiger partial charge in [-0.1, -0.05) is 11.6 Å². The maximum Gasteiger partial charge on any atom is 0.255 e. The standard InChI is InChI=1S/C12H13ClN2O2/c13-11-4-1-8(5-14-11)12(16)15-6-9-2-3-10(7-15)17-9/h1,4-5,9-10H,2-3,6-7H2. The number of halogens is 1. The lowest BCUT2D eigenvalue weighted by Gasteiger charge is -2.32. The van der Waals surface area contributed by atoms with Crippen molar-refractivity contribution in [1.29, 1.82) is 0 Å². The Kier molecular flexibility index (Phi) is 2.76. The molecule has 3 rings (SSSR count). The van der Waals surface area contributed by atoms with Crippen molar-refractivity contribution in [2.75, 3.05) is 13.1 Å². The molecule has 5 heteroatoms. The summed E-state index contributed by atoms with van der Waals surface area (Å²) in [6.45, 7) is 1.38. The lowest BCUT2D eigenvalue weighted by molar-refractivity contribution is -0.0303. The minimum absolute atomic E-state index is 0.0226. The van der Waals surface area contributed by atoms with Crippen molar-refractivity contribution >= 4 is 17.5 Å². The van der Waals surface area contributed by atoms with Gasteiger partial charge in [0, 0.05) is 19.3 Å². The molecule has 0 spiro atoms. The largest absolute Gasteiger partial charge is 0.371 e. The van der Waals surface area contributed by atoms with Crippen LogP contribution in [-0.4, -0.2) is 41.1 Å². The van der Waals surface area contributed by atoms with Gasteiger partial charge >= 0.3 is 0 Å². The zero-order chi connectivity index (χ0) is 11.8. The van der Waals surface area contributed by atoms with Gasteiger partial charge in [-0.2, -0.15) is 0 Å². The van der Waals surface area contributed by atoms with Crippen molar-refractivity contribution < 1.29 is 9.53 Å². The summed E-state index contributed by atoms with van der Waals surface area (Å²) in [7, 11) is 0. The second kappa shape index (κ2) is 4.27. The Morgan fingerprint density at radius 3 is 2.65 bits per heavy atom. The minimum Gasteiger partial charge on any atom is -0.371 e. The summed E-state index contributed by atoms with van der Waals surface area (Å²) in [6.07, 6.45) is 4.10. The molecule has 2 saturated heterocycles. The van der Waals surface area contributed by atoms with Crippen LogP contribution in [0.3, 0.4) is 0 Å². The van der Waals surface area contributed by atoms with Gasteiger partial charge < -0.3 is 9.64 Å². The van der Waals surface area contributed by atoms with E-state index < -0.39 is 0 Å². The molecule has 4 nitrogen and oxygen atoms in total. The number of aromatic nitrogens is 1. The Bertz CT molecular complexity index is 423. The number of amides is 1. The normalized spacial score (nSPS) is 27.2. The van der Waals surface area contributed by atoms with Crippen LogP contribution in [0.2, 0.25) is 5.15 Å². The smallest absolute Gasteiger partial charge is 0.255 e. The summed E-state index contributed by atoms with van der Waals surface area (Å²) in [5.74, 6) is 0.0226. The highest BCUT2D eigenvalue weighted by atomic mass is 35.5. The molecule has 0 aromatic carbocycles. The van der Waals surface area contributed by atoms with Crippen molar-refractivity contribution in [3.05, 3.63) is 29.0 Å². The number of hydrogen-bond acceptors (Lipinski definition) is 3. The van der Waals surface area contributed by atoms with Gasteiger partial charge in [-0.3, -0.25) is 4.79 Å². The summed E-state index contributed by atoms with van der Waals surface area (Å²) in [4.78, 5) is 18.0. The van der Waals surface area contributed by atoms with Gasteiger partial charge in [0.1, 0.15) is 5.15 Å². The molecule has 2 aliphatic rings. The summed E-state index contributed by atoms with van der Waals surface area (Å²) in [6, 6.07) is 3.36. The number of likely N-dealkylation sites (tertiary alicyclic amines) is 1. The number of ether oxygens (including phenoxy) is 1. The second-order valence-corrected chi connectivity index (χ2v) is 4.92. The molecular formula is C12H13ClN2O2. The van der Waals surface area contributed by atoms with Crippen molar-refractivity contribution in [2.45, 2.75) is 25.0 Å². The third-order valence-electron chi connectivity index (χ3n) is 3.31. The van der Waals surface area contributed by atoms with Crippen molar-refractivity contribution in [2.24, 2.45) is 0 Å². The number of morpholine rings is 1. The second-order valence-electron chi connectivity index (χ2n) is 4.54. The molecule has 2 fully saturated rings. The number of nitrogens with zero attached hydrogens (tertiary/aromatic N) is 2. The third kappa shape index (κ3) is 2.15. The summed E-state index contributed by atoms with van der Waals surface area (Å²) in [5, 5.41) is 0.406. The quantitative estimate of drug-likeness (QED) is 0.715. The van der Waals surface area contributed by atoms with Crippen molar-refractivity contribution in [3.63, 3.8) is 0 Å². The highest BCUT2D eigenvalue weighted by Gasteiger charge is 2.35. The fraction of sp³-hybridized carbons (Fsp3) is 0.500. The molecule has 2 aliphatic heterocycles. The summed E-state index contributed by atoms with van der Waals surface area (Å²) >= 11 is 5.70. The zero-order valence-corrected chi connectivity index (χ0v) is 10.1. The maximum atomic E-state index is 12.2. The van der Waals surface area contributed by atoms with E-state index in [-0.39, 0.29) is 18.1 Å². The number of carbonyl (C=O) groups excluding carboxylic acids is 1. The van der Waals surface area contributed by atoms with E-state index in [1.165, 1.54) is 6.20 Å². The van der Waals surface area contributed by atoms with Crippen LogP contribution in [0.15, 0.2) is 18.3 Å². The minimum atomic E-state index is 0.0226. The van der Waals surface area contributed by atoms with Crippen molar-refractivity contribution in [3.8, 4) is 0 Å². The van der Waals surface area contributed by atoms with E-state index in [1.807, 2.05) is 4.90 Å². The molecule has 0 aliphatic carbocycles. The molecule has 1 amide bonds. The molecule has 0 radical (unpaired) electrons. The van der Waals surface area contributed by atoms with E-state index in [2.05, 4.69) is 4.98 Å². The molecule has 90 valence electrons. The highest BCUT2D eigenvalue weighted by molar-refractivity contribution is 6.29. The average Bonchev–Trinajstić information content (AvgIpc) is 2.68. The van der Waals surface area contributed by atoms with Crippen LogP contribution in [0.1, 0.15) is 23.2 Å². The van der Waals surface area contributed by atoms with Gasteiger partial charge in [-0.05, 0) is 25.0 Å². The lowest BCUT2D eigenvalue weighted by atomic mass is 10.2. The highest BCUT2D eigenvalue weighted by Crippen LogP contribution is 2.27. The maximum absolute atomic E-state index is 12.2. The van der Waals surface area contributed by atoms with Crippen LogP contribution in [0, 0.1) is 0 Å². The Labute approximate surface area is 105 Å². The first kappa shape index (κ1) is 11.0. The molecular weight excluding hydrogens is 240 g/mol. The van der Waals surface area contributed by atoms with Gasteiger partial charge in [0.15, 0.2) is 0 Å². The first-order valence-corrected chi connectivity index (χ1v) is 6.16. The predicted molar refractivity (Wildman–Crippen MR) is 63.0 cm³/mol. The summed E-state index contributed by atoms with van der Waals surface area (Å²) in [5.41, 5.74) is 0.593. The summed E-state index contributed by atoms with van der Waals surface area (Å²) < 4.78 is 5.70. The van der Waals surface area contributed by atoms with Gasteiger partial charge in [-0.15, -0.1) is 0 Å². The molecule has 1 aromatic heterocycles. The monoisotopic (exact) mass is 252 g/mol. The third-order valence-corrected chi connectivity index (χ3v) is 3.53. The Hall–Kier alpha value is -1.13. The SMILES string of the molecule is O=C(c1ccc(Cl)nc1)N1CC2CCC(C1)O2. The Morgan fingerprint density at radius 1 is 1.35 bits per heavy atom. The number of pyridine rings is 1. The van der Waals surface area contributed by atoms with Crippen LogP contribution < -0.4 is 0 Å². The van der Waals surface area contributed by atoms with E-state index in [1.54, 1.807) is 12.1 Å². The van der Waals surface area contributed by atoms with Gasteiger partial charge in [0.05, 0.1) is 17.8 Å².